The Morgan fingerprint density at radius 2 is 1.80 bits per heavy atom. The van der Waals surface area contributed by atoms with Crippen LogP contribution >= 0.6 is 0 Å². The zero-order valence-corrected chi connectivity index (χ0v) is 14.0. The van der Waals surface area contributed by atoms with Crippen LogP contribution in [0.2, 0.25) is 0 Å². The first kappa shape index (κ1) is 16.5. The lowest BCUT2D eigenvalue weighted by molar-refractivity contribution is -0.116. The number of rotatable bonds is 6. The zero-order valence-electron chi connectivity index (χ0n) is 14.0. The SMILES string of the molecule is Cn1cc(/C=C\C(=O)NN(Cc2ccccc2)c2ccccc2)cn1. The molecule has 0 spiro atoms. The van der Waals surface area contributed by atoms with Crippen LogP contribution < -0.4 is 10.4 Å². The van der Waals surface area contributed by atoms with Gasteiger partial charge in [0, 0.05) is 24.9 Å². The van der Waals surface area contributed by atoms with E-state index < -0.39 is 0 Å². The van der Waals surface area contributed by atoms with Crippen molar-refractivity contribution in [1.29, 1.82) is 0 Å². The standard InChI is InChI=1S/C20H20N4O/c1-23-15-18(14-21-23)12-13-20(25)22-24(19-10-6-3-7-11-19)16-17-8-4-2-5-9-17/h2-15H,16H2,1H3,(H,22,25)/b13-12-. The molecule has 126 valence electrons. The predicted molar refractivity (Wildman–Crippen MR) is 99.5 cm³/mol. The molecule has 3 aromatic rings. The van der Waals surface area contributed by atoms with Crippen molar-refractivity contribution in [3.8, 4) is 0 Å². The van der Waals surface area contributed by atoms with Crippen molar-refractivity contribution < 1.29 is 4.79 Å². The molecular formula is C20H20N4O. The van der Waals surface area contributed by atoms with E-state index in [2.05, 4.69) is 10.5 Å². The van der Waals surface area contributed by atoms with Crippen molar-refractivity contribution in [2.24, 2.45) is 7.05 Å². The Labute approximate surface area is 147 Å². The van der Waals surface area contributed by atoms with E-state index in [1.54, 1.807) is 17.0 Å². The third-order valence-electron chi connectivity index (χ3n) is 3.65. The minimum Gasteiger partial charge on any atom is -0.281 e. The van der Waals surface area contributed by atoms with E-state index in [1.807, 2.05) is 78.9 Å². The average molecular weight is 332 g/mol. The summed E-state index contributed by atoms with van der Waals surface area (Å²) in [5, 5.41) is 5.92. The van der Waals surface area contributed by atoms with Crippen molar-refractivity contribution in [2.45, 2.75) is 6.54 Å². The highest BCUT2D eigenvalue weighted by Gasteiger charge is 2.09. The molecule has 0 unspecified atom stereocenters. The number of para-hydroxylation sites is 1. The number of benzene rings is 2. The number of amides is 1. The number of hydrogen-bond donors (Lipinski definition) is 1. The molecule has 5 nitrogen and oxygen atoms in total. The van der Waals surface area contributed by atoms with Crippen molar-refractivity contribution in [1.82, 2.24) is 15.2 Å². The Morgan fingerprint density at radius 1 is 1.12 bits per heavy atom. The molecule has 0 saturated heterocycles. The molecule has 0 aliphatic carbocycles. The molecule has 25 heavy (non-hydrogen) atoms. The zero-order chi connectivity index (χ0) is 17.5. The van der Waals surface area contributed by atoms with E-state index in [9.17, 15) is 4.79 Å². The predicted octanol–water partition coefficient (Wildman–Crippen LogP) is 3.17. The molecule has 0 atom stereocenters. The fourth-order valence-corrected chi connectivity index (χ4v) is 2.44. The van der Waals surface area contributed by atoms with Gasteiger partial charge < -0.3 is 0 Å². The number of hydrogen-bond acceptors (Lipinski definition) is 3. The highest BCUT2D eigenvalue weighted by molar-refractivity contribution is 5.92. The van der Waals surface area contributed by atoms with Gasteiger partial charge in [0.25, 0.3) is 5.91 Å². The molecule has 0 saturated carbocycles. The molecule has 0 bridgehead atoms. The number of nitrogens with one attached hydrogen (secondary N) is 1. The van der Waals surface area contributed by atoms with Crippen LogP contribution in [0.15, 0.2) is 79.1 Å². The Kier molecular flexibility index (Phi) is 5.26. The quantitative estimate of drug-likeness (QED) is 0.557. The van der Waals surface area contributed by atoms with Gasteiger partial charge in [0.2, 0.25) is 0 Å². The first-order chi connectivity index (χ1) is 12.2. The van der Waals surface area contributed by atoms with Crippen LogP contribution in [0.25, 0.3) is 6.08 Å². The fourth-order valence-electron chi connectivity index (χ4n) is 2.44. The van der Waals surface area contributed by atoms with Crippen LogP contribution in [-0.4, -0.2) is 15.7 Å². The number of carbonyl (C=O) groups is 1. The fraction of sp³-hybridized carbons (Fsp3) is 0.100. The van der Waals surface area contributed by atoms with Gasteiger partial charge in [0.1, 0.15) is 0 Å². The Bertz CT molecular complexity index is 840. The lowest BCUT2D eigenvalue weighted by Crippen LogP contribution is -2.41. The molecule has 1 aromatic heterocycles. The molecule has 0 radical (unpaired) electrons. The minimum atomic E-state index is -0.191. The van der Waals surface area contributed by atoms with E-state index >= 15 is 0 Å². The van der Waals surface area contributed by atoms with Crippen LogP contribution in [0.1, 0.15) is 11.1 Å². The van der Waals surface area contributed by atoms with Gasteiger partial charge in [-0.05, 0) is 23.8 Å². The summed E-state index contributed by atoms with van der Waals surface area (Å²) >= 11 is 0. The Hall–Kier alpha value is -3.34. The van der Waals surface area contributed by atoms with Gasteiger partial charge in [0.05, 0.1) is 18.4 Å². The number of carbonyl (C=O) groups excluding carboxylic acids is 1. The second-order valence-corrected chi connectivity index (χ2v) is 5.66. The van der Waals surface area contributed by atoms with Crippen LogP contribution in [-0.2, 0) is 18.4 Å². The van der Waals surface area contributed by atoms with Gasteiger partial charge in [0.15, 0.2) is 0 Å². The summed E-state index contributed by atoms with van der Waals surface area (Å²) in [7, 11) is 1.84. The summed E-state index contributed by atoms with van der Waals surface area (Å²) < 4.78 is 1.70. The first-order valence-corrected chi connectivity index (χ1v) is 8.04. The van der Waals surface area contributed by atoms with Gasteiger partial charge in [-0.1, -0.05) is 48.5 Å². The smallest absolute Gasteiger partial charge is 0.262 e. The topological polar surface area (TPSA) is 50.2 Å². The molecule has 3 rings (SSSR count). The number of anilines is 1. The molecule has 0 aliphatic rings. The lowest BCUT2D eigenvalue weighted by atomic mass is 10.2. The Balaban J connectivity index is 1.73. The normalized spacial score (nSPS) is 10.8. The molecule has 1 N–H and O–H groups in total. The van der Waals surface area contributed by atoms with E-state index in [1.165, 1.54) is 6.08 Å². The monoisotopic (exact) mass is 332 g/mol. The van der Waals surface area contributed by atoms with E-state index in [4.69, 9.17) is 0 Å². The minimum absolute atomic E-state index is 0.191. The van der Waals surface area contributed by atoms with Crippen molar-refractivity contribution in [3.05, 3.63) is 90.3 Å². The molecule has 0 fully saturated rings. The number of aryl methyl sites for hydroxylation is 1. The van der Waals surface area contributed by atoms with Gasteiger partial charge in [-0.25, -0.2) is 0 Å². The van der Waals surface area contributed by atoms with Gasteiger partial charge in [-0.2, -0.15) is 5.10 Å². The van der Waals surface area contributed by atoms with Crippen molar-refractivity contribution in [3.63, 3.8) is 0 Å². The summed E-state index contributed by atoms with van der Waals surface area (Å²) in [6.45, 7) is 0.581. The van der Waals surface area contributed by atoms with Crippen LogP contribution in [0.4, 0.5) is 5.69 Å². The average Bonchev–Trinajstić information content (AvgIpc) is 3.06. The van der Waals surface area contributed by atoms with Crippen LogP contribution in [0.5, 0.6) is 0 Å². The molecule has 1 amide bonds. The number of aromatic nitrogens is 2. The Morgan fingerprint density at radius 3 is 2.44 bits per heavy atom. The largest absolute Gasteiger partial charge is 0.281 e. The van der Waals surface area contributed by atoms with E-state index in [-0.39, 0.29) is 5.91 Å². The lowest BCUT2D eigenvalue weighted by Gasteiger charge is -2.25. The van der Waals surface area contributed by atoms with Crippen molar-refractivity contribution in [2.75, 3.05) is 5.01 Å². The summed E-state index contributed by atoms with van der Waals surface area (Å²) in [6, 6.07) is 19.8. The van der Waals surface area contributed by atoms with Gasteiger partial charge in [-0.3, -0.25) is 19.9 Å². The number of nitrogens with zero attached hydrogens (tertiary/aromatic N) is 3. The first-order valence-electron chi connectivity index (χ1n) is 8.04. The highest BCUT2D eigenvalue weighted by atomic mass is 16.2. The van der Waals surface area contributed by atoms with E-state index in [0.717, 1.165) is 16.8 Å². The van der Waals surface area contributed by atoms with Gasteiger partial charge >= 0.3 is 0 Å². The maximum absolute atomic E-state index is 12.3. The van der Waals surface area contributed by atoms with Crippen molar-refractivity contribution >= 4 is 17.7 Å². The maximum atomic E-state index is 12.3. The van der Waals surface area contributed by atoms with E-state index in [0.29, 0.717) is 6.54 Å². The highest BCUT2D eigenvalue weighted by Crippen LogP contribution is 2.14. The summed E-state index contributed by atoms with van der Waals surface area (Å²) in [5.74, 6) is -0.191. The molecular weight excluding hydrogens is 312 g/mol. The molecule has 1 heterocycles. The second kappa shape index (κ2) is 7.97. The van der Waals surface area contributed by atoms with Crippen LogP contribution in [0, 0.1) is 0 Å². The third kappa shape index (κ3) is 4.81. The summed E-state index contributed by atoms with van der Waals surface area (Å²) in [5.41, 5.74) is 5.86. The molecule has 0 aliphatic heterocycles. The molecule has 2 aromatic carbocycles. The van der Waals surface area contributed by atoms with Gasteiger partial charge in [-0.15, -0.1) is 0 Å². The maximum Gasteiger partial charge on any atom is 0.262 e. The summed E-state index contributed by atoms with van der Waals surface area (Å²) in [4.78, 5) is 12.3. The second-order valence-electron chi connectivity index (χ2n) is 5.66. The molecule has 5 heteroatoms. The number of hydrazine groups is 1. The van der Waals surface area contributed by atoms with Crippen LogP contribution in [0.3, 0.4) is 0 Å². The third-order valence-corrected chi connectivity index (χ3v) is 3.65. The summed E-state index contributed by atoms with van der Waals surface area (Å²) in [6.07, 6.45) is 6.82.